The Balaban J connectivity index is 2.26. The second kappa shape index (κ2) is 3.66. The molecule has 0 saturated carbocycles. The summed E-state index contributed by atoms with van der Waals surface area (Å²) in [5.74, 6) is -0.199. The number of carbonyl (C=O) groups excluding carboxylic acids is 2. The number of hydrogen-bond acceptors (Lipinski definition) is 3. The van der Waals surface area contributed by atoms with Crippen LogP contribution in [0.2, 0.25) is 0 Å². The molecule has 0 heterocycles. The molecule has 3 rings (SSSR count). The summed E-state index contributed by atoms with van der Waals surface area (Å²) in [7, 11) is 0. The first-order valence-corrected chi connectivity index (χ1v) is 5.38. The van der Waals surface area contributed by atoms with Gasteiger partial charge in [0, 0.05) is 16.5 Å². The molecule has 0 unspecified atom stereocenters. The zero-order valence-electron chi connectivity index (χ0n) is 9.31. The van der Waals surface area contributed by atoms with Crippen molar-refractivity contribution in [3.63, 3.8) is 0 Å². The highest BCUT2D eigenvalue weighted by atomic mass is 16.2. The Morgan fingerprint density at radius 2 is 1.78 bits per heavy atom. The third-order valence-electron chi connectivity index (χ3n) is 2.90. The van der Waals surface area contributed by atoms with Crippen molar-refractivity contribution in [1.82, 2.24) is 5.43 Å². The topological polar surface area (TPSA) is 84.6 Å². The summed E-state index contributed by atoms with van der Waals surface area (Å²) in [6.07, 6.45) is 0. The standard InChI is InChI=1S/C13H9N3O2/c14-13(18)16-15-11-8-5-1-3-7-4-2-6-9(10(7)8)12(11)17/h1-6H,(H3,14,16,18)/b15-11-. The van der Waals surface area contributed by atoms with Crippen LogP contribution in [-0.4, -0.2) is 17.5 Å². The Kier molecular flexibility index (Phi) is 2.13. The smallest absolute Gasteiger partial charge is 0.332 e. The minimum atomic E-state index is -0.793. The molecule has 2 amide bonds. The van der Waals surface area contributed by atoms with E-state index in [2.05, 4.69) is 10.5 Å². The Hall–Kier alpha value is -2.69. The fourth-order valence-electron chi connectivity index (χ4n) is 2.20. The lowest BCUT2D eigenvalue weighted by Gasteiger charge is -1.99. The molecular formula is C13H9N3O2. The molecule has 1 aliphatic rings. The Morgan fingerprint density at radius 3 is 2.44 bits per heavy atom. The number of primary amides is 1. The third-order valence-corrected chi connectivity index (χ3v) is 2.90. The molecule has 1 aliphatic carbocycles. The summed E-state index contributed by atoms with van der Waals surface area (Å²) in [5.41, 5.74) is 8.60. The number of amides is 2. The van der Waals surface area contributed by atoms with E-state index in [0.29, 0.717) is 5.56 Å². The third kappa shape index (κ3) is 1.37. The minimum absolute atomic E-state index is 0.199. The van der Waals surface area contributed by atoms with E-state index in [1.807, 2.05) is 24.3 Å². The number of carbonyl (C=O) groups is 2. The summed E-state index contributed by atoms with van der Waals surface area (Å²) < 4.78 is 0. The quantitative estimate of drug-likeness (QED) is 0.737. The number of urea groups is 1. The summed E-state index contributed by atoms with van der Waals surface area (Å²) >= 11 is 0. The molecule has 5 heteroatoms. The maximum Gasteiger partial charge on any atom is 0.332 e. The molecule has 0 atom stereocenters. The van der Waals surface area contributed by atoms with Crippen molar-refractivity contribution in [2.24, 2.45) is 10.8 Å². The molecule has 3 N–H and O–H groups in total. The first-order chi connectivity index (χ1) is 8.68. The van der Waals surface area contributed by atoms with Crippen LogP contribution in [0.5, 0.6) is 0 Å². The van der Waals surface area contributed by atoms with Gasteiger partial charge >= 0.3 is 6.03 Å². The maximum absolute atomic E-state index is 12.2. The largest absolute Gasteiger partial charge is 0.350 e. The maximum atomic E-state index is 12.2. The van der Waals surface area contributed by atoms with Gasteiger partial charge in [-0.05, 0) is 5.39 Å². The van der Waals surface area contributed by atoms with Gasteiger partial charge in [0.1, 0.15) is 5.71 Å². The summed E-state index contributed by atoms with van der Waals surface area (Å²) in [6.45, 7) is 0. The van der Waals surface area contributed by atoms with Gasteiger partial charge in [0.05, 0.1) is 0 Å². The van der Waals surface area contributed by atoms with Crippen LogP contribution in [-0.2, 0) is 0 Å². The van der Waals surface area contributed by atoms with Crippen molar-refractivity contribution in [3.05, 3.63) is 47.5 Å². The van der Waals surface area contributed by atoms with Crippen LogP contribution in [0, 0.1) is 0 Å². The average molecular weight is 239 g/mol. The van der Waals surface area contributed by atoms with E-state index in [0.717, 1.165) is 16.3 Å². The van der Waals surface area contributed by atoms with Gasteiger partial charge in [-0.3, -0.25) is 4.79 Å². The monoisotopic (exact) mass is 239 g/mol. The van der Waals surface area contributed by atoms with Gasteiger partial charge in [0.2, 0.25) is 5.78 Å². The zero-order valence-corrected chi connectivity index (χ0v) is 9.31. The summed E-state index contributed by atoms with van der Waals surface area (Å²) in [6, 6.07) is 10.3. The molecule has 0 bridgehead atoms. The molecule has 0 spiro atoms. The van der Waals surface area contributed by atoms with Gasteiger partial charge in [-0.1, -0.05) is 36.4 Å². The van der Waals surface area contributed by atoms with Crippen LogP contribution in [0.4, 0.5) is 4.79 Å². The van der Waals surface area contributed by atoms with E-state index < -0.39 is 6.03 Å². The molecule has 0 aromatic heterocycles. The van der Waals surface area contributed by atoms with Crippen molar-refractivity contribution in [1.29, 1.82) is 0 Å². The van der Waals surface area contributed by atoms with Crippen LogP contribution in [0.25, 0.3) is 10.8 Å². The SMILES string of the molecule is NC(=O)N/N=C1\C(=O)c2cccc3cccc1c23. The van der Waals surface area contributed by atoms with Crippen LogP contribution < -0.4 is 11.2 Å². The highest BCUT2D eigenvalue weighted by molar-refractivity contribution is 6.59. The number of hydrazone groups is 1. The number of Topliss-reactive ketones (excluding diaryl/α,β-unsaturated/α-hetero) is 1. The summed E-state index contributed by atoms with van der Waals surface area (Å²) in [4.78, 5) is 22.8. The van der Waals surface area contributed by atoms with Gasteiger partial charge in [-0.15, -0.1) is 0 Å². The van der Waals surface area contributed by atoms with Gasteiger partial charge in [0.25, 0.3) is 0 Å². The average Bonchev–Trinajstić information content (AvgIpc) is 2.63. The second-order valence-electron chi connectivity index (χ2n) is 3.97. The molecule has 88 valence electrons. The number of hydrogen-bond donors (Lipinski definition) is 2. The lowest BCUT2D eigenvalue weighted by atomic mass is 10.1. The normalized spacial score (nSPS) is 15.3. The second-order valence-corrected chi connectivity index (χ2v) is 3.97. The van der Waals surface area contributed by atoms with Crippen molar-refractivity contribution in [3.8, 4) is 0 Å². The predicted octanol–water partition coefficient (Wildman–Crippen LogP) is 1.41. The molecule has 18 heavy (non-hydrogen) atoms. The van der Waals surface area contributed by atoms with E-state index >= 15 is 0 Å². The van der Waals surface area contributed by atoms with Crippen LogP contribution in [0.3, 0.4) is 0 Å². The van der Waals surface area contributed by atoms with Gasteiger partial charge < -0.3 is 5.73 Å². The van der Waals surface area contributed by atoms with E-state index in [1.54, 1.807) is 12.1 Å². The lowest BCUT2D eigenvalue weighted by Crippen LogP contribution is -2.27. The van der Waals surface area contributed by atoms with Crippen molar-refractivity contribution in [2.75, 3.05) is 0 Å². The first kappa shape index (κ1) is 10.5. The Labute approximate surface area is 102 Å². The number of ketones is 1. The lowest BCUT2D eigenvalue weighted by molar-refractivity contribution is 0.106. The van der Waals surface area contributed by atoms with Crippen molar-refractivity contribution < 1.29 is 9.59 Å². The Bertz CT molecular complexity index is 714. The number of rotatable bonds is 1. The number of benzene rings is 2. The molecule has 0 fully saturated rings. The molecule has 0 radical (unpaired) electrons. The van der Waals surface area contributed by atoms with Gasteiger partial charge in [0.15, 0.2) is 0 Å². The molecular weight excluding hydrogens is 230 g/mol. The minimum Gasteiger partial charge on any atom is -0.350 e. The predicted molar refractivity (Wildman–Crippen MR) is 67.5 cm³/mol. The zero-order chi connectivity index (χ0) is 12.7. The van der Waals surface area contributed by atoms with E-state index in [4.69, 9.17) is 5.73 Å². The number of nitrogens with two attached hydrogens (primary N) is 1. The van der Waals surface area contributed by atoms with Crippen LogP contribution >= 0.6 is 0 Å². The van der Waals surface area contributed by atoms with Crippen molar-refractivity contribution >= 4 is 28.3 Å². The van der Waals surface area contributed by atoms with Crippen molar-refractivity contribution in [2.45, 2.75) is 0 Å². The fourth-order valence-corrected chi connectivity index (χ4v) is 2.20. The molecule has 5 nitrogen and oxygen atoms in total. The van der Waals surface area contributed by atoms with E-state index in [-0.39, 0.29) is 11.5 Å². The van der Waals surface area contributed by atoms with Gasteiger partial charge in [-0.2, -0.15) is 5.10 Å². The highest BCUT2D eigenvalue weighted by Gasteiger charge is 2.28. The molecule has 2 aromatic carbocycles. The van der Waals surface area contributed by atoms with Gasteiger partial charge in [-0.25, -0.2) is 10.2 Å². The first-order valence-electron chi connectivity index (χ1n) is 5.38. The number of nitrogens with one attached hydrogen (secondary N) is 1. The molecule has 0 saturated heterocycles. The molecule has 0 aliphatic heterocycles. The molecule has 2 aromatic rings. The fraction of sp³-hybridized carbons (Fsp3) is 0. The van der Waals surface area contributed by atoms with E-state index in [1.165, 1.54) is 0 Å². The highest BCUT2D eigenvalue weighted by Crippen LogP contribution is 2.30. The van der Waals surface area contributed by atoms with Crippen LogP contribution in [0.1, 0.15) is 15.9 Å². The Morgan fingerprint density at radius 1 is 1.11 bits per heavy atom. The number of nitrogens with zero attached hydrogens (tertiary/aromatic N) is 1. The summed E-state index contributed by atoms with van der Waals surface area (Å²) in [5, 5.41) is 5.63. The van der Waals surface area contributed by atoms with Crippen LogP contribution in [0.15, 0.2) is 41.5 Å². The van der Waals surface area contributed by atoms with E-state index in [9.17, 15) is 9.59 Å².